The number of carbonyl (C=O) groups excluding carboxylic acids is 1. The average Bonchev–Trinajstić information content (AvgIpc) is 3.23. The van der Waals surface area contributed by atoms with Gasteiger partial charge < -0.3 is 4.57 Å². The smallest absolute Gasteiger partial charge is 0.248 e. The molecule has 2 aromatic heterocycles. The Balaban J connectivity index is 1.65. The zero-order chi connectivity index (χ0) is 18.1. The fourth-order valence-corrected chi connectivity index (χ4v) is 4.32. The van der Waals surface area contributed by atoms with Crippen LogP contribution in [0.2, 0.25) is 0 Å². The number of hydrogen-bond donors (Lipinski definition) is 0. The number of thioether (sulfide) groups is 1. The monoisotopic (exact) mass is 382 g/mol. The summed E-state index contributed by atoms with van der Waals surface area (Å²) in [5, 5.41) is 0.715. The Labute approximate surface area is 159 Å². The van der Waals surface area contributed by atoms with E-state index in [1.807, 2.05) is 59.4 Å². The fourth-order valence-electron chi connectivity index (χ4n) is 2.89. The Morgan fingerprint density at radius 2 is 1.85 bits per heavy atom. The molecule has 0 saturated carbocycles. The lowest BCUT2D eigenvalue weighted by molar-refractivity contribution is -0.118. The van der Waals surface area contributed by atoms with Crippen LogP contribution in [0.5, 0.6) is 0 Å². The van der Waals surface area contributed by atoms with Crippen LogP contribution >= 0.6 is 23.1 Å². The molecule has 0 bridgehead atoms. The normalized spacial score (nSPS) is 11.3. The van der Waals surface area contributed by atoms with E-state index >= 15 is 0 Å². The van der Waals surface area contributed by atoms with E-state index in [0.29, 0.717) is 5.13 Å². The maximum atomic E-state index is 12.9. The minimum Gasteiger partial charge on any atom is -0.318 e. The van der Waals surface area contributed by atoms with E-state index in [0.717, 1.165) is 32.8 Å². The van der Waals surface area contributed by atoms with Crippen LogP contribution in [-0.4, -0.2) is 33.7 Å². The Hall–Kier alpha value is -2.38. The highest BCUT2D eigenvalue weighted by molar-refractivity contribution is 7.97. The van der Waals surface area contributed by atoms with Crippen LogP contribution in [0.1, 0.15) is 5.82 Å². The van der Waals surface area contributed by atoms with Gasteiger partial charge in [-0.3, -0.25) is 9.69 Å². The summed E-state index contributed by atoms with van der Waals surface area (Å²) in [6.07, 6.45) is 2.04. The molecule has 1 amide bonds. The Bertz CT molecular complexity index is 1050. The van der Waals surface area contributed by atoms with Crippen molar-refractivity contribution in [1.82, 2.24) is 14.5 Å². The number of anilines is 1. The molecule has 26 heavy (non-hydrogen) atoms. The van der Waals surface area contributed by atoms with Crippen LogP contribution in [0.4, 0.5) is 5.13 Å². The number of aromatic nitrogens is 3. The molecular formula is C19H18N4OS2. The van der Waals surface area contributed by atoms with Crippen molar-refractivity contribution in [2.24, 2.45) is 0 Å². The molecule has 0 radical (unpaired) electrons. The van der Waals surface area contributed by atoms with Gasteiger partial charge in [0, 0.05) is 7.05 Å². The lowest BCUT2D eigenvalue weighted by atomic mass is 10.3. The van der Waals surface area contributed by atoms with Gasteiger partial charge in [0.05, 0.1) is 27.0 Å². The molecule has 0 spiro atoms. The van der Waals surface area contributed by atoms with Gasteiger partial charge in [-0.2, -0.15) is 11.8 Å². The van der Waals surface area contributed by atoms with Crippen molar-refractivity contribution in [3.8, 4) is 0 Å². The number of benzene rings is 2. The molecule has 132 valence electrons. The van der Waals surface area contributed by atoms with Crippen LogP contribution in [-0.2, 0) is 17.1 Å². The van der Waals surface area contributed by atoms with Crippen LogP contribution in [0.15, 0.2) is 48.5 Å². The van der Waals surface area contributed by atoms with Crippen LogP contribution in [0.3, 0.4) is 0 Å². The molecule has 4 rings (SSSR count). The summed E-state index contributed by atoms with van der Waals surface area (Å²) >= 11 is 3.23. The second kappa shape index (κ2) is 7.09. The summed E-state index contributed by atoms with van der Waals surface area (Å²) in [7, 11) is 1.79. The van der Waals surface area contributed by atoms with Crippen molar-refractivity contribution >= 4 is 55.4 Å². The standard InChI is InChI=1S/C19H18N4OS2/c1-22(19-21-14-8-4-6-10-16(14)26-19)18(24)11-23-15-9-5-3-7-13(15)20-17(23)12-25-2/h3-10H,11-12H2,1-2H3. The van der Waals surface area contributed by atoms with E-state index < -0.39 is 0 Å². The van der Waals surface area contributed by atoms with Gasteiger partial charge in [-0.1, -0.05) is 35.6 Å². The van der Waals surface area contributed by atoms with Crippen LogP contribution < -0.4 is 4.90 Å². The van der Waals surface area contributed by atoms with E-state index in [1.165, 1.54) is 11.3 Å². The molecule has 0 atom stereocenters. The quantitative estimate of drug-likeness (QED) is 0.520. The molecule has 0 saturated heterocycles. The third-order valence-electron chi connectivity index (χ3n) is 4.24. The molecule has 7 heteroatoms. The van der Waals surface area contributed by atoms with Crippen LogP contribution in [0.25, 0.3) is 21.3 Å². The van der Waals surface area contributed by atoms with E-state index in [9.17, 15) is 4.79 Å². The summed E-state index contributed by atoms with van der Waals surface area (Å²) in [6.45, 7) is 0.253. The highest BCUT2D eigenvalue weighted by Crippen LogP contribution is 2.28. The van der Waals surface area contributed by atoms with Gasteiger partial charge in [-0.25, -0.2) is 9.97 Å². The van der Waals surface area contributed by atoms with Crippen molar-refractivity contribution in [3.05, 3.63) is 54.4 Å². The summed E-state index contributed by atoms with van der Waals surface area (Å²) in [4.78, 5) is 23.8. The number of nitrogens with zero attached hydrogens (tertiary/aromatic N) is 4. The second-order valence-electron chi connectivity index (χ2n) is 5.95. The number of thiazole rings is 1. The number of likely N-dealkylation sites (N-methyl/N-ethyl adjacent to an activating group) is 1. The number of para-hydroxylation sites is 3. The van der Waals surface area contributed by atoms with Gasteiger partial charge in [-0.05, 0) is 30.5 Å². The lowest BCUT2D eigenvalue weighted by Crippen LogP contribution is -2.30. The first-order chi connectivity index (χ1) is 12.7. The lowest BCUT2D eigenvalue weighted by Gasteiger charge is -2.15. The third kappa shape index (κ3) is 3.08. The molecule has 2 heterocycles. The largest absolute Gasteiger partial charge is 0.318 e. The number of fused-ring (bicyclic) bond motifs is 2. The van der Waals surface area contributed by atoms with Gasteiger partial charge in [0.15, 0.2) is 5.13 Å². The first-order valence-electron chi connectivity index (χ1n) is 8.22. The first-order valence-corrected chi connectivity index (χ1v) is 10.4. The van der Waals surface area contributed by atoms with Crippen molar-refractivity contribution < 1.29 is 4.79 Å². The third-order valence-corrected chi connectivity index (χ3v) is 5.90. The zero-order valence-electron chi connectivity index (χ0n) is 14.5. The minimum atomic E-state index is -0.00503. The fraction of sp³-hybridized carbons (Fsp3) is 0.211. The van der Waals surface area contributed by atoms with Gasteiger partial charge in [0.1, 0.15) is 12.4 Å². The van der Waals surface area contributed by atoms with Crippen molar-refractivity contribution in [2.45, 2.75) is 12.3 Å². The Kier molecular flexibility index (Phi) is 4.65. The molecule has 0 aliphatic carbocycles. The SMILES string of the molecule is CSCc1nc2ccccc2n1CC(=O)N(C)c1nc2ccccc2s1. The molecular weight excluding hydrogens is 364 g/mol. The van der Waals surface area contributed by atoms with Crippen molar-refractivity contribution in [2.75, 3.05) is 18.2 Å². The highest BCUT2D eigenvalue weighted by Gasteiger charge is 2.19. The van der Waals surface area contributed by atoms with Crippen LogP contribution in [0, 0.1) is 0 Å². The number of carbonyl (C=O) groups is 1. The molecule has 0 aliphatic rings. The molecule has 4 aromatic rings. The maximum absolute atomic E-state index is 12.9. The molecule has 0 N–H and O–H groups in total. The summed E-state index contributed by atoms with van der Waals surface area (Å²) in [5.74, 6) is 1.69. The Morgan fingerprint density at radius 1 is 1.12 bits per heavy atom. The van der Waals surface area contributed by atoms with Gasteiger partial charge >= 0.3 is 0 Å². The predicted octanol–water partition coefficient (Wildman–Crippen LogP) is 4.17. The topological polar surface area (TPSA) is 51.0 Å². The molecule has 0 aliphatic heterocycles. The zero-order valence-corrected chi connectivity index (χ0v) is 16.2. The molecule has 2 aromatic carbocycles. The number of amides is 1. The summed E-state index contributed by atoms with van der Waals surface area (Å²) in [6, 6.07) is 15.9. The number of imidazole rings is 1. The van der Waals surface area contributed by atoms with Gasteiger partial charge in [0.25, 0.3) is 0 Å². The van der Waals surface area contributed by atoms with Crippen molar-refractivity contribution in [3.63, 3.8) is 0 Å². The van der Waals surface area contributed by atoms with E-state index in [1.54, 1.807) is 23.7 Å². The van der Waals surface area contributed by atoms with Crippen molar-refractivity contribution in [1.29, 1.82) is 0 Å². The number of hydrogen-bond acceptors (Lipinski definition) is 5. The second-order valence-corrected chi connectivity index (χ2v) is 7.83. The van der Waals surface area contributed by atoms with E-state index in [2.05, 4.69) is 9.97 Å². The highest BCUT2D eigenvalue weighted by atomic mass is 32.2. The van der Waals surface area contributed by atoms with Gasteiger partial charge in [-0.15, -0.1) is 0 Å². The summed E-state index contributed by atoms with van der Waals surface area (Å²) < 4.78 is 3.09. The van der Waals surface area contributed by atoms with E-state index in [-0.39, 0.29) is 12.5 Å². The molecule has 0 unspecified atom stereocenters. The maximum Gasteiger partial charge on any atom is 0.248 e. The summed E-state index contributed by atoms with van der Waals surface area (Å²) in [5.41, 5.74) is 2.83. The number of rotatable bonds is 5. The molecule has 0 fully saturated rings. The van der Waals surface area contributed by atoms with Gasteiger partial charge in [0.2, 0.25) is 5.91 Å². The Morgan fingerprint density at radius 3 is 2.62 bits per heavy atom. The minimum absolute atomic E-state index is 0.00503. The molecule has 5 nitrogen and oxygen atoms in total. The first kappa shape index (κ1) is 17.1. The van der Waals surface area contributed by atoms with E-state index in [4.69, 9.17) is 0 Å². The average molecular weight is 383 g/mol. The predicted molar refractivity (Wildman–Crippen MR) is 110 cm³/mol.